The summed E-state index contributed by atoms with van der Waals surface area (Å²) in [5.74, 6) is -0.194. The zero-order valence-electron chi connectivity index (χ0n) is 9.99. The number of rotatable bonds is 2. The molecule has 1 atom stereocenters. The first kappa shape index (κ1) is 12.8. The van der Waals surface area contributed by atoms with Gasteiger partial charge in [0.2, 0.25) is 0 Å². The van der Waals surface area contributed by atoms with Crippen molar-refractivity contribution in [2.24, 2.45) is 5.73 Å². The lowest BCUT2D eigenvalue weighted by atomic mass is 10.0. The number of aromatic nitrogens is 3. The molecule has 2 aromatic rings. The van der Waals surface area contributed by atoms with E-state index in [1.54, 1.807) is 13.0 Å². The highest BCUT2D eigenvalue weighted by Crippen LogP contribution is 2.36. The van der Waals surface area contributed by atoms with E-state index in [0.717, 1.165) is 6.92 Å². The van der Waals surface area contributed by atoms with Crippen molar-refractivity contribution in [2.75, 3.05) is 0 Å². The Hall–Kier alpha value is -1.63. The van der Waals surface area contributed by atoms with Crippen LogP contribution in [-0.4, -0.2) is 20.7 Å². The molecule has 18 heavy (non-hydrogen) atoms. The van der Waals surface area contributed by atoms with Gasteiger partial charge in [-0.05, 0) is 19.9 Å². The van der Waals surface area contributed by atoms with Gasteiger partial charge in [-0.1, -0.05) is 0 Å². The molecule has 0 aliphatic heterocycles. The summed E-state index contributed by atoms with van der Waals surface area (Å²) in [5.41, 5.74) is 3.96. The number of aryl methyl sites for hydroxylation is 1. The van der Waals surface area contributed by atoms with Gasteiger partial charge in [0.15, 0.2) is 5.54 Å². The van der Waals surface area contributed by atoms with E-state index < -0.39 is 11.7 Å². The van der Waals surface area contributed by atoms with Crippen molar-refractivity contribution in [1.29, 1.82) is 0 Å². The lowest BCUT2D eigenvalue weighted by Gasteiger charge is -2.27. The van der Waals surface area contributed by atoms with Crippen LogP contribution in [0.25, 0.3) is 11.0 Å². The van der Waals surface area contributed by atoms with Crippen molar-refractivity contribution in [3.63, 3.8) is 0 Å². The van der Waals surface area contributed by atoms with E-state index in [2.05, 4.69) is 9.97 Å². The van der Waals surface area contributed by atoms with E-state index in [9.17, 15) is 13.2 Å². The predicted molar refractivity (Wildman–Crippen MR) is 60.8 cm³/mol. The molecule has 1 unspecified atom stereocenters. The number of hydrogen-bond donors (Lipinski definition) is 1. The summed E-state index contributed by atoms with van der Waals surface area (Å²) in [7, 11) is 0. The fourth-order valence-electron chi connectivity index (χ4n) is 1.83. The molecule has 4 nitrogen and oxygen atoms in total. The van der Waals surface area contributed by atoms with E-state index in [0.29, 0.717) is 17.6 Å². The van der Waals surface area contributed by atoms with Crippen LogP contribution in [0.4, 0.5) is 13.2 Å². The number of fused-ring (bicyclic) bond motifs is 1. The number of hydrogen-bond acceptors (Lipinski definition) is 3. The third kappa shape index (κ3) is 1.74. The Balaban J connectivity index is 2.72. The molecule has 7 heteroatoms. The van der Waals surface area contributed by atoms with Gasteiger partial charge in [-0.25, -0.2) is 4.98 Å². The molecule has 0 aliphatic carbocycles. The summed E-state index contributed by atoms with van der Waals surface area (Å²) in [6.07, 6.45) is -1.62. The lowest BCUT2D eigenvalue weighted by molar-refractivity contribution is -0.186. The van der Waals surface area contributed by atoms with Gasteiger partial charge in [-0.3, -0.25) is 4.98 Å². The van der Waals surface area contributed by atoms with Crippen molar-refractivity contribution < 1.29 is 13.2 Å². The van der Waals surface area contributed by atoms with Gasteiger partial charge < -0.3 is 10.3 Å². The van der Waals surface area contributed by atoms with Crippen LogP contribution in [0.15, 0.2) is 18.5 Å². The van der Waals surface area contributed by atoms with E-state index >= 15 is 0 Å². The Morgan fingerprint density at radius 1 is 1.39 bits per heavy atom. The summed E-state index contributed by atoms with van der Waals surface area (Å²) in [4.78, 5) is 7.83. The number of nitrogens with zero attached hydrogens (tertiary/aromatic N) is 3. The molecule has 2 rings (SSSR count). The number of halogens is 3. The fraction of sp³-hybridized carbons (Fsp3) is 0.455. The quantitative estimate of drug-likeness (QED) is 0.898. The standard InChI is InChI=1S/C11H13F3N4/c1-3-18-8-4-5-16-6-7(8)17-9(18)10(2,15)11(12,13)14/h4-6H,3,15H2,1-2H3. The van der Waals surface area contributed by atoms with E-state index in [-0.39, 0.29) is 5.82 Å². The second-order valence-electron chi connectivity index (χ2n) is 4.24. The molecular weight excluding hydrogens is 245 g/mol. The highest BCUT2D eigenvalue weighted by atomic mass is 19.4. The number of alkyl halides is 3. The van der Waals surface area contributed by atoms with Gasteiger partial charge in [0, 0.05) is 12.7 Å². The van der Waals surface area contributed by atoms with Crippen LogP contribution >= 0.6 is 0 Å². The average Bonchev–Trinajstić information content (AvgIpc) is 2.66. The number of nitrogens with two attached hydrogens (primary N) is 1. The molecule has 0 aromatic carbocycles. The van der Waals surface area contributed by atoms with Gasteiger partial charge >= 0.3 is 6.18 Å². The fourth-order valence-corrected chi connectivity index (χ4v) is 1.83. The van der Waals surface area contributed by atoms with Crippen molar-refractivity contribution in [2.45, 2.75) is 32.1 Å². The van der Waals surface area contributed by atoms with Crippen molar-refractivity contribution in [1.82, 2.24) is 14.5 Å². The monoisotopic (exact) mass is 258 g/mol. The minimum Gasteiger partial charge on any atom is -0.326 e. The van der Waals surface area contributed by atoms with Gasteiger partial charge in [0.1, 0.15) is 11.3 Å². The van der Waals surface area contributed by atoms with Gasteiger partial charge in [-0.2, -0.15) is 13.2 Å². The van der Waals surface area contributed by atoms with Crippen LogP contribution in [-0.2, 0) is 12.1 Å². The topological polar surface area (TPSA) is 56.7 Å². The minimum absolute atomic E-state index is 0.194. The first-order valence-electron chi connectivity index (χ1n) is 5.45. The molecule has 2 N–H and O–H groups in total. The largest absolute Gasteiger partial charge is 0.413 e. The molecule has 0 saturated heterocycles. The van der Waals surface area contributed by atoms with Crippen molar-refractivity contribution in [3.05, 3.63) is 24.3 Å². The van der Waals surface area contributed by atoms with E-state index in [1.165, 1.54) is 17.0 Å². The zero-order chi connectivity index (χ0) is 13.6. The predicted octanol–water partition coefficient (Wildman–Crippen LogP) is 2.19. The maximum absolute atomic E-state index is 13.0. The van der Waals surface area contributed by atoms with Crippen LogP contribution in [0.1, 0.15) is 19.7 Å². The summed E-state index contributed by atoms with van der Waals surface area (Å²) in [6.45, 7) is 3.03. The molecule has 98 valence electrons. The number of imidazole rings is 1. The maximum atomic E-state index is 13.0. The van der Waals surface area contributed by atoms with Crippen LogP contribution in [0, 0.1) is 0 Å². The summed E-state index contributed by atoms with van der Waals surface area (Å²) >= 11 is 0. The molecule has 2 heterocycles. The third-order valence-electron chi connectivity index (χ3n) is 2.92. The highest BCUT2D eigenvalue weighted by Gasteiger charge is 2.52. The second kappa shape index (κ2) is 3.94. The summed E-state index contributed by atoms with van der Waals surface area (Å²) in [5, 5.41) is 0. The van der Waals surface area contributed by atoms with Gasteiger partial charge in [0.05, 0.1) is 11.7 Å². The third-order valence-corrected chi connectivity index (χ3v) is 2.92. The average molecular weight is 258 g/mol. The van der Waals surface area contributed by atoms with Gasteiger partial charge in [0.25, 0.3) is 0 Å². The normalized spacial score (nSPS) is 15.9. The molecule has 0 aliphatic rings. The van der Waals surface area contributed by atoms with Crippen LogP contribution in [0.2, 0.25) is 0 Å². The Morgan fingerprint density at radius 2 is 2.06 bits per heavy atom. The molecule has 2 aromatic heterocycles. The molecule has 0 spiro atoms. The van der Waals surface area contributed by atoms with Crippen molar-refractivity contribution in [3.8, 4) is 0 Å². The molecule has 0 fully saturated rings. The minimum atomic E-state index is -4.56. The Morgan fingerprint density at radius 3 is 2.61 bits per heavy atom. The van der Waals surface area contributed by atoms with Crippen molar-refractivity contribution >= 4 is 11.0 Å². The van der Waals surface area contributed by atoms with Crippen LogP contribution in [0.3, 0.4) is 0 Å². The van der Waals surface area contributed by atoms with E-state index in [4.69, 9.17) is 5.73 Å². The maximum Gasteiger partial charge on any atom is 0.413 e. The number of pyridine rings is 1. The first-order valence-corrected chi connectivity index (χ1v) is 5.45. The van der Waals surface area contributed by atoms with E-state index in [1.807, 2.05) is 0 Å². The Kier molecular flexibility index (Phi) is 2.81. The van der Waals surface area contributed by atoms with Crippen LogP contribution < -0.4 is 5.73 Å². The molecule has 0 radical (unpaired) electrons. The summed E-state index contributed by atoms with van der Waals surface area (Å²) in [6, 6.07) is 1.63. The molecule has 0 amide bonds. The first-order chi connectivity index (χ1) is 8.29. The summed E-state index contributed by atoms with van der Waals surface area (Å²) < 4.78 is 40.4. The highest BCUT2D eigenvalue weighted by molar-refractivity contribution is 5.75. The molecular formula is C11H13F3N4. The zero-order valence-corrected chi connectivity index (χ0v) is 9.99. The molecule has 0 saturated carbocycles. The van der Waals surface area contributed by atoms with Gasteiger partial charge in [-0.15, -0.1) is 0 Å². The Labute approximate surface area is 102 Å². The SMILES string of the molecule is CCn1c(C(C)(N)C(F)(F)F)nc2cnccc21. The smallest absolute Gasteiger partial charge is 0.326 e. The second-order valence-corrected chi connectivity index (χ2v) is 4.24. The lowest BCUT2D eigenvalue weighted by Crippen LogP contribution is -2.49. The Bertz CT molecular complexity index is 571. The van der Waals surface area contributed by atoms with Crippen LogP contribution in [0.5, 0.6) is 0 Å². The molecule has 0 bridgehead atoms.